The fourth-order valence-electron chi connectivity index (χ4n) is 3.72. The predicted molar refractivity (Wildman–Crippen MR) is 119 cm³/mol. The van der Waals surface area contributed by atoms with Crippen LogP contribution in [-0.4, -0.2) is 30.5 Å². The van der Waals surface area contributed by atoms with E-state index >= 15 is 0 Å². The molecular weight excluding hydrogens is 376 g/mol. The maximum atomic E-state index is 12.6. The smallest absolute Gasteiger partial charge is 0.228 e. The van der Waals surface area contributed by atoms with Gasteiger partial charge in [0.05, 0.1) is 41.3 Å². The lowest BCUT2D eigenvalue weighted by atomic mass is 10.1. The van der Waals surface area contributed by atoms with Gasteiger partial charge in [-0.25, -0.2) is 9.97 Å². The molecule has 0 saturated carbocycles. The molecule has 0 amide bonds. The van der Waals surface area contributed by atoms with Crippen molar-refractivity contribution in [2.24, 2.45) is 0 Å². The zero-order valence-electron chi connectivity index (χ0n) is 17.5. The molecule has 6 nitrogen and oxygen atoms in total. The molecule has 1 atom stereocenters. The van der Waals surface area contributed by atoms with E-state index in [4.69, 9.17) is 1.37 Å². The van der Waals surface area contributed by atoms with Gasteiger partial charge in [0.2, 0.25) is 5.91 Å². The fourth-order valence-corrected chi connectivity index (χ4v) is 3.72. The second kappa shape index (κ2) is 6.93. The number of nitrogens with one attached hydrogen (secondary N) is 1. The molecular formula is C24H20N4O2. The molecule has 3 aromatic heterocycles. The highest BCUT2D eigenvalue weighted by molar-refractivity contribution is 5.91. The van der Waals surface area contributed by atoms with Crippen molar-refractivity contribution in [3.05, 3.63) is 70.8 Å². The van der Waals surface area contributed by atoms with Crippen molar-refractivity contribution in [3.63, 3.8) is 0 Å². The molecule has 0 aromatic carbocycles. The van der Waals surface area contributed by atoms with E-state index in [0.717, 1.165) is 22.4 Å². The van der Waals surface area contributed by atoms with Crippen LogP contribution < -0.4 is 0 Å². The Labute approximate surface area is 174 Å². The molecule has 0 fully saturated rings. The Morgan fingerprint density at radius 2 is 1.53 bits per heavy atom. The van der Waals surface area contributed by atoms with Gasteiger partial charge in [-0.05, 0) is 73.7 Å². The van der Waals surface area contributed by atoms with Crippen molar-refractivity contribution in [2.45, 2.75) is 20.0 Å². The normalized spacial score (nSPS) is 14.0. The Hall–Kier alpha value is -3.77. The number of fused-ring (bicyclic) bond motifs is 8. The first-order valence-electron chi connectivity index (χ1n) is 10.2. The highest BCUT2D eigenvalue weighted by atomic mass is 16.3. The molecule has 0 saturated heterocycles. The zero-order chi connectivity index (χ0) is 21.7. The number of carbonyl (C=O) groups is 1. The van der Waals surface area contributed by atoms with Crippen molar-refractivity contribution >= 4 is 52.3 Å². The number of nitrogens with zero attached hydrogens (tertiary/aromatic N) is 3. The number of H-pyrrole nitrogens is 1. The van der Waals surface area contributed by atoms with E-state index < -0.39 is 6.10 Å². The van der Waals surface area contributed by atoms with Crippen LogP contribution >= 0.6 is 0 Å². The van der Waals surface area contributed by atoms with Gasteiger partial charge < -0.3 is 10.1 Å². The van der Waals surface area contributed by atoms with E-state index in [1.807, 2.05) is 48.6 Å². The minimum atomic E-state index is -0.928. The minimum absolute atomic E-state index is 0.0984. The standard InChI is InChI=1S/C24H20N4O2/c1-14(29)23-13-22-11-20-7-5-18(26-20)9-16-3-4-17(25-16)10-19-6-8-21(27-19)12-24(23)28(22)15(2)30/h3-14,25,29H,1-2H3/i13D. The van der Waals surface area contributed by atoms with Crippen LogP contribution in [0.3, 0.4) is 0 Å². The molecule has 0 radical (unpaired) electrons. The maximum Gasteiger partial charge on any atom is 0.228 e. The number of aromatic amines is 1. The van der Waals surface area contributed by atoms with E-state index in [9.17, 15) is 9.90 Å². The first-order valence-corrected chi connectivity index (χ1v) is 9.69. The Bertz CT molecular complexity index is 1460. The van der Waals surface area contributed by atoms with Gasteiger partial charge in [-0.2, -0.15) is 0 Å². The molecule has 6 heteroatoms. The lowest BCUT2D eigenvalue weighted by molar-refractivity contribution is 0.0946. The van der Waals surface area contributed by atoms with Crippen molar-refractivity contribution in [3.8, 4) is 0 Å². The quantitative estimate of drug-likeness (QED) is 0.424. The minimum Gasteiger partial charge on any atom is -0.389 e. The number of aliphatic hydroxyl groups excluding tert-OH is 1. The molecule has 5 rings (SSSR count). The molecule has 1 unspecified atom stereocenters. The Balaban J connectivity index is 1.98. The summed E-state index contributed by atoms with van der Waals surface area (Å²) in [6, 6.07) is 11.3. The highest BCUT2D eigenvalue weighted by Gasteiger charge is 2.15. The second-order valence-electron chi connectivity index (χ2n) is 7.38. The molecule has 148 valence electrons. The van der Waals surface area contributed by atoms with Crippen molar-refractivity contribution in [1.29, 1.82) is 0 Å². The third kappa shape index (κ3) is 3.27. The van der Waals surface area contributed by atoms with Gasteiger partial charge >= 0.3 is 0 Å². The van der Waals surface area contributed by atoms with E-state index in [1.54, 1.807) is 19.1 Å². The van der Waals surface area contributed by atoms with E-state index in [-0.39, 0.29) is 11.9 Å². The number of carbonyl (C=O) groups excluding carboxylic acids is 1. The lowest BCUT2D eigenvalue weighted by Gasteiger charge is -2.04. The van der Waals surface area contributed by atoms with Crippen molar-refractivity contribution < 1.29 is 11.3 Å². The van der Waals surface area contributed by atoms with Crippen LogP contribution in [0.15, 0.2) is 42.4 Å². The van der Waals surface area contributed by atoms with Crippen LogP contribution in [-0.2, 0) is 0 Å². The summed E-state index contributed by atoms with van der Waals surface area (Å²) in [5.41, 5.74) is 5.83. The summed E-state index contributed by atoms with van der Waals surface area (Å²) >= 11 is 0. The fraction of sp³-hybridized carbons (Fsp3) is 0.125. The van der Waals surface area contributed by atoms with Crippen LogP contribution in [0.4, 0.5) is 0 Å². The van der Waals surface area contributed by atoms with E-state index in [2.05, 4.69) is 15.0 Å². The predicted octanol–water partition coefficient (Wildman–Crippen LogP) is 4.84. The molecule has 0 spiro atoms. The molecule has 2 N–H and O–H groups in total. The monoisotopic (exact) mass is 397 g/mol. The SMILES string of the molecule is [2H]c1c(C(C)O)c2cc3nc(cc4ccc(cc5nc(cc1n2C(C)=O)C=C5)[nH]4)C=C3. The molecule has 2 aliphatic rings. The Kier molecular flexibility index (Phi) is 3.95. The lowest BCUT2D eigenvalue weighted by Crippen LogP contribution is -2.05. The molecule has 3 aromatic rings. The van der Waals surface area contributed by atoms with E-state index in [0.29, 0.717) is 28.0 Å². The van der Waals surface area contributed by atoms with Gasteiger partial charge in [0, 0.05) is 23.5 Å². The maximum absolute atomic E-state index is 12.6. The van der Waals surface area contributed by atoms with Crippen LogP contribution in [0.1, 0.15) is 54.5 Å². The molecule has 8 bridgehead atoms. The number of rotatable bonds is 1. The molecule has 2 aliphatic heterocycles. The van der Waals surface area contributed by atoms with E-state index in [1.165, 1.54) is 11.5 Å². The largest absolute Gasteiger partial charge is 0.389 e. The summed E-state index contributed by atoms with van der Waals surface area (Å²) in [6.07, 6.45) is 6.53. The highest BCUT2D eigenvalue weighted by Crippen LogP contribution is 2.26. The van der Waals surface area contributed by atoms with Crippen molar-refractivity contribution in [2.75, 3.05) is 0 Å². The summed E-state index contributed by atoms with van der Waals surface area (Å²) in [6.45, 7) is 3.03. The number of aromatic nitrogens is 4. The first-order chi connectivity index (χ1) is 14.9. The van der Waals surface area contributed by atoms with Crippen molar-refractivity contribution in [1.82, 2.24) is 19.5 Å². The molecule has 0 aliphatic carbocycles. The summed E-state index contributed by atoms with van der Waals surface area (Å²) in [5, 5.41) is 10.4. The number of hydrogen-bond acceptors (Lipinski definition) is 4. The zero-order valence-corrected chi connectivity index (χ0v) is 16.5. The number of hydrogen-bond donors (Lipinski definition) is 2. The summed E-state index contributed by atoms with van der Waals surface area (Å²) < 4.78 is 10.1. The molecule has 30 heavy (non-hydrogen) atoms. The van der Waals surface area contributed by atoms with Gasteiger partial charge in [-0.3, -0.25) is 9.36 Å². The topological polar surface area (TPSA) is 83.8 Å². The molecule has 5 heterocycles. The van der Waals surface area contributed by atoms with Crippen LogP contribution in [0, 0.1) is 0 Å². The van der Waals surface area contributed by atoms with Gasteiger partial charge in [0.25, 0.3) is 0 Å². The Morgan fingerprint density at radius 3 is 2.07 bits per heavy atom. The van der Waals surface area contributed by atoms with Gasteiger partial charge in [-0.1, -0.05) is 0 Å². The average Bonchev–Trinajstić information content (AvgIpc) is 3.46. The first kappa shape index (κ1) is 17.1. The summed E-state index contributed by atoms with van der Waals surface area (Å²) in [4.78, 5) is 25.2. The summed E-state index contributed by atoms with van der Waals surface area (Å²) in [7, 11) is 0. The summed E-state index contributed by atoms with van der Waals surface area (Å²) in [5.74, 6) is -0.256. The third-order valence-corrected chi connectivity index (χ3v) is 5.03. The van der Waals surface area contributed by atoms with Gasteiger partial charge in [0.15, 0.2) is 0 Å². The van der Waals surface area contributed by atoms with Crippen LogP contribution in [0.2, 0.25) is 0 Å². The van der Waals surface area contributed by atoms with Crippen LogP contribution in [0.5, 0.6) is 0 Å². The van der Waals surface area contributed by atoms with Gasteiger partial charge in [0.1, 0.15) is 0 Å². The van der Waals surface area contributed by atoms with Crippen LogP contribution in [0.25, 0.3) is 46.4 Å². The van der Waals surface area contributed by atoms with Gasteiger partial charge in [-0.15, -0.1) is 0 Å². The number of aliphatic hydroxyl groups is 1. The third-order valence-electron chi connectivity index (χ3n) is 5.03. The second-order valence-corrected chi connectivity index (χ2v) is 7.38. The average molecular weight is 397 g/mol. The Morgan fingerprint density at radius 1 is 1.00 bits per heavy atom.